The van der Waals surface area contributed by atoms with Crippen LogP contribution in [0.4, 0.5) is 33.5 Å². The standard InChI is InChI=1S/C23H24F5N5O3S/c24-22(25)36-13-3-1-11(2-4-13)15(34)10-31-12-5-7-33(8-6-12)16-9-14(23(26,27)28)17-18(29)19(20(30)35)37-21(17)32-16/h1-4,9,12,15,22,31,34H,5-8,10,29H2,(H2,30,35). The second-order valence-electron chi connectivity index (χ2n) is 8.55. The zero-order chi connectivity index (χ0) is 26.9. The Kier molecular flexibility index (Phi) is 7.71. The zero-order valence-corrected chi connectivity index (χ0v) is 20.1. The number of thiophene rings is 1. The first kappa shape index (κ1) is 26.8. The number of aliphatic hydroxyl groups excluding tert-OH is 1. The number of anilines is 2. The van der Waals surface area contributed by atoms with Gasteiger partial charge in [-0.3, -0.25) is 4.79 Å². The summed E-state index contributed by atoms with van der Waals surface area (Å²) in [5, 5.41) is 13.3. The summed E-state index contributed by atoms with van der Waals surface area (Å²) in [5.41, 5.74) is 10.3. The lowest BCUT2D eigenvalue weighted by molar-refractivity contribution is -0.136. The van der Waals surface area contributed by atoms with Crippen molar-refractivity contribution in [2.45, 2.75) is 37.8 Å². The van der Waals surface area contributed by atoms with Gasteiger partial charge >= 0.3 is 12.8 Å². The van der Waals surface area contributed by atoms with E-state index in [4.69, 9.17) is 11.5 Å². The van der Waals surface area contributed by atoms with E-state index < -0.39 is 30.4 Å². The van der Waals surface area contributed by atoms with Crippen LogP contribution in [0.2, 0.25) is 0 Å². The molecule has 1 amide bonds. The molecule has 6 N–H and O–H groups in total. The van der Waals surface area contributed by atoms with Gasteiger partial charge < -0.3 is 31.5 Å². The molecule has 0 spiro atoms. The highest BCUT2D eigenvalue weighted by Gasteiger charge is 2.37. The number of nitrogens with two attached hydrogens (primary N) is 2. The van der Waals surface area contributed by atoms with Crippen molar-refractivity contribution in [1.29, 1.82) is 0 Å². The van der Waals surface area contributed by atoms with Crippen LogP contribution in [0.15, 0.2) is 30.3 Å². The predicted octanol–water partition coefficient (Wildman–Crippen LogP) is 3.89. The molecule has 0 saturated carbocycles. The van der Waals surface area contributed by atoms with Gasteiger partial charge in [-0.1, -0.05) is 12.1 Å². The lowest BCUT2D eigenvalue weighted by Crippen LogP contribution is -2.44. The summed E-state index contributed by atoms with van der Waals surface area (Å²) >= 11 is 0.731. The van der Waals surface area contributed by atoms with E-state index in [-0.39, 0.29) is 44.9 Å². The Morgan fingerprint density at radius 3 is 2.46 bits per heavy atom. The fourth-order valence-electron chi connectivity index (χ4n) is 4.26. The van der Waals surface area contributed by atoms with Gasteiger partial charge in [0, 0.05) is 31.1 Å². The number of ether oxygens (including phenoxy) is 1. The average Bonchev–Trinajstić information content (AvgIpc) is 3.18. The number of nitrogens with one attached hydrogen (secondary N) is 1. The first-order valence-corrected chi connectivity index (χ1v) is 12.1. The van der Waals surface area contributed by atoms with Crippen molar-refractivity contribution in [2.75, 3.05) is 30.3 Å². The number of rotatable bonds is 8. The number of amides is 1. The topological polar surface area (TPSA) is 127 Å². The van der Waals surface area contributed by atoms with Crippen molar-refractivity contribution in [3.63, 3.8) is 0 Å². The Morgan fingerprint density at radius 2 is 1.89 bits per heavy atom. The molecule has 1 atom stereocenters. The molecule has 37 heavy (non-hydrogen) atoms. The smallest absolute Gasteiger partial charge is 0.417 e. The van der Waals surface area contributed by atoms with Crippen LogP contribution in [0.5, 0.6) is 5.75 Å². The number of hydrogen-bond donors (Lipinski definition) is 4. The van der Waals surface area contributed by atoms with Crippen LogP contribution in [0, 0.1) is 0 Å². The number of alkyl halides is 5. The number of halogens is 5. The zero-order valence-electron chi connectivity index (χ0n) is 19.3. The number of primary amides is 1. The van der Waals surface area contributed by atoms with Crippen LogP contribution < -0.4 is 26.4 Å². The van der Waals surface area contributed by atoms with E-state index in [0.717, 1.165) is 17.4 Å². The summed E-state index contributed by atoms with van der Waals surface area (Å²) in [5.74, 6) is -0.800. The second-order valence-corrected chi connectivity index (χ2v) is 9.55. The molecule has 1 saturated heterocycles. The van der Waals surface area contributed by atoms with Crippen LogP contribution >= 0.6 is 11.3 Å². The number of carbonyl (C=O) groups excluding carboxylic acids is 1. The van der Waals surface area contributed by atoms with Gasteiger partial charge in [-0.05, 0) is 36.6 Å². The minimum absolute atomic E-state index is 0.00277. The van der Waals surface area contributed by atoms with Crippen molar-refractivity contribution in [3.05, 3.63) is 46.3 Å². The highest BCUT2D eigenvalue weighted by Crippen LogP contribution is 2.43. The minimum atomic E-state index is -4.71. The summed E-state index contributed by atoms with van der Waals surface area (Å²) in [7, 11) is 0. The van der Waals surface area contributed by atoms with Crippen LogP contribution in [-0.2, 0) is 6.18 Å². The highest BCUT2D eigenvalue weighted by atomic mass is 32.1. The molecule has 14 heteroatoms. The number of aromatic nitrogens is 1. The van der Waals surface area contributed by atoms with Crippen molar-refractivity contribution >= 4 is 39.0 Å². The van der Waals surface area contributed by atoms with Gasteiger partial charge in [0.1, 0.15) is 21.3 Å². The Hall–Kier alpha value is -3.23. The molecule has 8 nitrogen and oxygen atoms in total. The van der Waals surface area contributed by atoms with Crippen LogP contribution in [0.3, 0.4) is 0 Å². The number of nitrogens with zero attached hydrogens (tertiary/aromatic N) is 2. The van der Waals surface area contributed by atoms with E-state index in [2.05, 4.69) is 15.0 Å². The van der Waals surface area contributed by atoms with E-state index >= 15 is 0 Å². The molecule has 1 aliphatic heterocycles. The Bertz CT molecular complexity index is 1260. The second kappa shape index (κ2) is 10.6. The number of benzene rings is 1. The third-order valence-electron chi connectivity index (χ3n) is 6.12. The van der Waals surface area contributed by atoms with Gasteiger partial charge in [0.2, 0.25) is 0 Å². The maximum absolute atomic E-state index is 13.8. The number of hydrogen-bond acceptors (Lipinski definition) is 8. The molecule has 2 aromatic heterocycles. The SMILES string of the molecule is NC(=O)c1sc2nc(N3CCC(NCC(O)c4ccc(OC(F)F)cc4)CC3)cc(C(F)(F)F)c2c1N. The molecular formula is C23H24F5N5O3S. The summed E-state index contributed by atoms with van der Waals surface area (Å²) in [6.07, 6.45) is -4.44. The molecule has 1 aliphatic rings. The molecule has 0 bridgehead atoms. The lowest BCUT2D eigenvalue weighted by Gasteiger charge is -2.34. The number of aliphatic hydroxyl groups is 1. The molecule has 1 aromatic carbocycles. The molecule has 3 aromatic rings. The first-order valence-electron chi connectivity index (χ1n) is 11.2. The highest BCUT2D eigenvalue weighted by molar-refractivity contribution is 7.21. The van der Waals surface area contributed by atoms with Gasteiger partial charge in [0.15, 0.2) is 0 Å². The largest absolute Gasteiger partial charge is 0.435 e. The summed E-state index contributed by atoms with van der Waals surface area (Å²) in [6, 6.07) is 6.61. The normalized spacial score (nSPS) is 15.9. The Labute approximate surface area is 212 Å². The fraction of sp³-hybridized carbons (Fsp3) is 0.391. The van der Waals surface area contributed by atoms with Crippen molar-refractivity contribution in [1.82, 2.24) is 10.3 Å². The maximum Gasteiger partial charge on any atom is 0.417 e. The van der Waals surface area contributed by atoms with Gasteiger partial charge in [0.25, 0.3) is 5.91 Å². The summed E-state index contributed by atoms with van der Waals surface area (Å²) in [6.45, 7) is -1.91. The molecule has 0 aliphatic carbocycles. The Balaban J connectivity index is 1.40. The molecular weight excluding hydrogens is 521 g/mol. The van der Waals surface area contributed by atoms with Gasteiger partial charge in [-0.25, -0.2) is 4.98 Å². The third kappa shape index (κ3) is 6.02. The van der Waals surface area contributed by atoms with Gasteiger partial charge in [-0.2, -0.15) is 22.0 Å². The number of pyridine rings is 1. The fourth-order valence-corrected chi connectivity index (χ4v) is 5.22. The summed E-state index contributed by atoms with van der Waals surface area (Å²) in [4.78, 5) is 17.5. The van der Waals surface area contributed by atoms with Crippen LogP contribution in [0.1, 0.15) is 39.7 Å². The molecule has 0 radical (unpaired) electrons. The van der Waals surface area contributed by atoms with E-state index in [1.165, 1.54) is 24.3 Å². The number of piperidine rings is 1. The number of nitrogen functional groups attached to an aromatic ring is 1. The monoisotopic (exact) mass is 545 g/mol. The predicted molar refractivity (Wildman–Crippen MR) is 129 cm³/mol. The lowest BCUT2D eigenvalue weighted by atomic mass is 10.0. The third-order valence-corrected chi connectivity index (χ3v) is 7.24. The molecule has 1 fully saturated rings. The van der Waals surface area contributed by atoms with E-state index in [1.807, 2.05) is 0 Å². The molecule has 4 rings (SSSR count). The minimum Gasteiger partial charge on any atom is -0.435 e. The molecule has 3 heterocycles. The van der Waals surface area contributed by atoms with Gasteiger partial charge in [0.05, 0.1) is 17.4 Å². The molecule has 200 valence electrons. The van der Waals surface area contributed by atoms with Gasteiger partial charge in [-0.15, -0.1) is 11.3 Å². The van der Waals surface area contributed by atoms with Crippen molar-refractivity contribution in [3.8, 4) is 5.75 Å². The number of fused-ring (bicyclic) bond motifs is 1. The van der Waals surface area contributed by atoms with Crippen molar-refractivity contribution < 1.29 is 36.6 Å². The summed E-state index contributed by atoms with van der Waals surface area (Å²) < 4.78 is 70.3. The maximum atomic E-state index is 13.8. The quantitative estimate of drug-likeness (QED) is 0.317. The first-order chi connectivity index (χ1) is 17.4. The Morgan fingerprint density at radius 1 is 1.24 bits per heavy atom. The number of carbonyl (C=O) groups is 1. The average molecular weight is 546 g/mol. The van der Waals surface area contributed by atoms with E-state index in [1.54, 1.807) is 4.90 Å². The molecule has 1 unspecified atom stereocenters. The van der Waals surface area contributed by atoms with Crippen LogP contribution in [-0.4, -0.2) is 48.3 Å². The van der Waals surface area contributed by atoms with E-state index in [0.29, 0.717) is 31.5 Å². The van der Waals surface area contributed by atoms with Crippen molar-refractivity contribution in [2.24, 2.45) is 5.73 Å². The van der Waals surface area contributed by atoms with E-state index in [9.17, 15) is 31.9 Å². The van der Waals surface area contributed by atoms with Crippen LogP contribution in [0.25, 0.3) is 10.2 Å².